The molecule has 6 nitrogen and oxygen atoms in total. The highest BCUT2D eigenvalue weighted by molar-refractivity contribution is 5.97. The first-order valence-corrected chi connectivity index (χ1v) is 7.93. The van der Waals surface area contributed by atoms with Gasteiger partial charge in [-0.3, -0.25) is 4.79 Å². The lowest BCUT2D eigenvalue weighted by molar-refractivity contribution is -0.139. The molecular formula is C19H19NO5. The monoisotopic (exact) mass is 341 g/mol. The van der Waals surface area contributed by atoms with Crippen LogP contribution in [0.5, 0.6) is 11.5 Å². The highest BCUT2D eigenvalue weighted by Gasteiger charge is 2.31. The Bertz CT molecular complexity index is 813. The Morgan fingerprint density at radius 1 is 1.20 bits per heavy atom. The normalized spacial score (nSPS) is 15.2. The Balaban J connectivity index is 1.68. The highest BCUT2D eigenvalue weighted by Crippen LogP contribution is 2.36. The van der Waals surface area contributed by atoms with Crippen molar-refractivity contribution in [1.29, 1.82) is 0 Å². The molecule has 1 unspecified atom stereocenters. The van der Waals surface area contributed by atoms with E-state index in [0.29, 0.717) is 18.0 Å². The minimum atomic E-state index is -1.04. The average molecular weight is 341 g/mol. The van der Waals surface area contributed by atoms with Crippen molar-refractivity contribution >= 4 is 17.6 Å². The lowest BCUT2D eigenvalue weighted by Gasteiger charge is -2.12. The lowest BCUT2D eigenvalue weighted by Crippen LogP contribution is -2.22. The molecule has 130 valence electrons. The van der Waals surface area contributed by atoms with E-state index in [1.807, 2.05) is 26.0 Å². The maximum Gasteiger partial charge on any atom is 0.341 e. The molecule has 3 rings (SSSR count). The molecule has 0 saturated heterocycles. The SMILES string of the molecule is Cc1cc2c(cc1C)C(C(=O)Nc1ccc(OCC(=O)O)cc1)CO2. The van der Waals surface area contributed by atoms with Crippen molar-refractivity contribution in [1.82, 2.24) is 0 Å². The number of carboxylic acid groups (broad SMARTS) is 1. The maximum atomic E-state index is 12.6. The zero-order chi connectivity index (χ0) is 18.0. The molecule has 0 saturated carbocycles. The highest BCUT2D eigenvalue weighted by atomic mass is 16.5. The summed E-state index contributed by atoms with van der Waals surface area (Å²) in [4.78, 5) is 23.1. The third kappa shape index (κ3) is 3.74. The topological polar surface area (TPSA) is 84.9 Å². The van der Waals surface area contributed by atoms with Crippen LogP contribution in [-0.2, 0) is 9.59 Å². The van der Waals surface area contributed by atoms with Crippen LogP contribution in [0.4, 0.5) is 5.69 Å². The summed E-state index contributed by atoms with van der Waals surface area (Å²) in [7, 11) is 0. The van der Waals surface area contributed by atoms with Gasteiger partial charge < -0.3 is 19.9 Å². The number of aryl methyl sites for hydroxylation is 2. The number of aliphatic carboxylic acids is 1. The fourth-order valence-electron chi connectivity index (χ4n) is 2.70. The van der Waals surface area contributed by atoms with Crippen molar-refractivity contribution in [2.45, 2.75) is 19.8 Å². The number of hydrogen-bond acceptors (Lipinski definition) is 4. The number of nitrogens with one attached hydrogen (secondary N) is 1. The average Bonchev–Trinajstić information content (AvgIpc) is 2.97. The molecule has 0 radical (unpaired) electrons. The summed E-state index contributed by atoms with van der Waals surface area (Å²) < 4.78 is 10.7. The molecule has 2 N–H and O–H groups in total. The van der Waals surface area contributed by atoms with Gasteiger partial charge in [0.1, 0.15) is 24.0 Å². The molecule has 0 spiro atoms. The van der Waals surface area contributed by atoms with Crippen LogP contribution in [0.25, 0.3) is 0 Å². The Labute approximate surface area is 145 Å². The van der Waals surface area contributed by atoms with Gasteiger partial charge in [0.15, 0.2) is 6.61 Å². The van der Waals surface area contributed by atoms with Gasteiger partial charge in [-0.1, -0.05) is 6.07 Å². The molecule has 1 amide bonds. The zero-order valence-electron chi connectivity index (χ0n) is 14.0. The zero-order valence-corrected chi connectivity index (χ0v) is 14.0. The summed E-state index contributed by atoms with van der Waals surface area (Å²) >= 11 is 0. The quantitative estimate of drug-likeness (QED) is 0.873. The molecule has 0 aromatic heterocycles. The van der Waals surface area contributed by atoms with Gasteiger partial charge in [0.2, 0.25) is 5.91 Å². The maximum absolute atomic E-state index is 12.6. The van der Waals surface area contributed by atoms with Gasteiger partial charge in [0.25, 0.3) is 0 Å². The second kappa shape index (κ2) is 6.84. The van der Waals surface area contributed by atoms with Gasteiger partial charge in [-0.05, 0) is 55.3 Å². The van der Waals surface area contributed by atoms with Gasteiger partial charge in [-0.25, -0.2) is 4.79 Å². The molecule has 0 fully saturated rings. The first-order chi connectivity index (χ1) is 11.9. The molecule has 2 aromatic carbocycles. The van der Waals surface area contributed by atoms with E-state index >= 15 is 0 Å². The molecule has 2 aromatic rings. The first-order valence-electron chi connectivity index (χ1n) is 7.93. The van der Waals surface area contributed by atoms with Crippen molar-refractivity contribution < 1.29 is 24.2 Å². The molecule has 25 heavy (non-hydrogen) atoms. The van der Waals surface area contributed by atoms with Gasteiger partial charge in [0.05, 0.1) is 0 Å². The van der Waals surface area contributed by atoms with Crippen LogP contribution < -0.4 is 14.8 Å². The third-order valence-electron chi connectivity index (χ3n) is 4.21. The smallest absolute Gasteiger partial charge is 0.341 e. The van der Waals surface area contributed by atoms with Gasteiger partial charge in [-0.15, -0.1) is 0 Å². The van der Waals surface area contributed by atoms with Crippen LogP contribution in [0.1, 0.15) is 22.6 Å². The Kier molecular flexibility index (Phi) is 4.61. The molecule has 0 bridgehead atoms. The van der Waals surface area contributed by atoms with Crippen LogP contribution in [-0.4, -0.2) is 30.2 Å². The molecule has 0 aliphatic carbocycles. The van der Waals surface area contributed by atoms with E-state index in [1.165, 1.54) is 0 Å². The largest absolute Gasteiger partial charge is 0.492 e. The van der Waals surface area contributed by atoms with Crippen molar-refractivity contribution in [2.24, 2.45) is 0 Å². The molecule has 6 heteroatoms. The predicted octanol–water partition coefficient (Wildman–Crippen LogP) is 2.88. The third-order valence-corrected chi connectivity index (χ3v) is 4.21. The second-order valence-corrected chi connectivity index (χ2v) is 6.03. The number of fused-ring (bicyclic) bond motifs is 1. The number of hydrogen-bond donors (Lipinski definition) is 2. The number of carbonyl (C=O) groups is 2. The second-order valence-electron chi connectivity index (χ2n) is 6.03. The minimum Gasteiger partial charge on any atom is -0.492 e. The number of carbonyl (C=O) groups excluding carboxylic acids is 1. The van der Waals surface area contributed by atoms with Crippen LogP contribution in [0.3, 0.4) is 0 Å². The first kappa shape index (κ1) is 16.8. The number of anilines is 1. The van der Waals surface area contributed by atoms with E-state index in [0.717, 1.165) is 22.4 Å². The van der Waals surface area contributed by atoms with E-state index in [4.69, 9.17) is 14.6 Å². The van der Waals surface area contributed by atoms with Crippen LogP contribution in [0.2, 0.25) is 0 Å². The Hall–Kier alpha value is -3.02. The van der Waals surface area contributed by atoms with E-state index < -0.39 is 12.6 Å². The van der Waals surface area contributed by atoms with Crippen molar-refractivity contribution in [2.75, 3.05) is 18.5 Å². The molecular weight excluding hydrogens is 322 g/mol. The molecule has 1 aliphatic rings. The number of benzene rings is 2. The lowest BCUT2D eigenvalue weighted by atomic mass is 9.96. The van der Waals surface area contributed by atoms with Gasteiger partial charge in [-0.2, -0.15) is 0 Å². The summed E-state index contributed by atoms with van der Waals surface area (Å²) in [5, 5.41) is 11.5. The number of rotatable bonds is 5. The number of amides is 1. The Morgan fingerprint density at radius 2 is 1.88 bits per heavy atom. The molecule has 1 aliphatic heterocycles. The fourth-order valence-corrected chi connectivity index (χ4v) is 2.70. The fraction of sp³-hybridized carbons (Fsp3) is 0.263. The van der Waals surface area contributed by atoms with Crippen LogP contribution in [0.15, 0.2) is 36.4 Å². The molecule has 1 heterocycles. The summed E-state index contributed by atoms with van der Waals surface area (Å²) in [6, 6.07) is 10.5. The summed E-state index contributed by atoms with van der Waals surface area (Å²) in [5.74, 6) is -0.331. The van der Waals surface area contributed by atoms with E-state index in [-0.39, 0.29) is 11.8 Å². The minimum absolute atomic E-state index is 0.138. The number of carboxylic acids is 1. The summed E-state index contributed by atoms with van der Waals surface area (Å²) in [5.41, 5.74) is 3.78. The standard InChI is InChI=1S/C19H19NO5/c1-11-7-15-16(9-25-17(15)8-12(11)2)19(23)20-13-3-5-14(6-4-13)24-10-18(21)22/h3-8,16H,9-10H2,1-2H3,(H,20,23)(H,21,22). The van der Waals surface area contributed by atoms with Crippen molar-refractivity contribution in [3.8, 4) is 11.5 Å². The van der Waals surface area contributed by atoms with E-state index in [9.17, 15) is 9.59 Å². The Morgan fingerprint density at radius 3 is 2.56 bits per heavy atom. The van der Waals surface area contributed by atoms with Gasteiger partial charge in [0, 0.05) is 11.3 Å². The van der Waals surface area contributed by atoms with Crippen molar-refractivity contribution in [3.05, 3.63) is 53.1 Å². The summed E-state index contributed by atoms with van der Waals surface area (Å²) in [6.07, 6.45) is 0. The van der Waals surface area contributed by atoms with Crippen LogP contribution in [0, 0.1) is 13.8 Å². The van der Waals surface area contributed by atoms with E-state index in [2.05, 4.69) is 5.32 Å². The van der Waals surface area contributed by atoms with Crippen molar-refractivity contribution in [3.63, 3.8) is 0 Å². The number of ether oxygens (including phenoxy) is 2. The van der Waals surface area contributed by atoms with E-state index in [1.54, 1.807) is 24.3 Å². The van der Waals surface area contributed by atoms with Crippen LogP contribution >= 0.6 is 0 Å². The van der Waals surface area contributed by atoms with Gasteiger partial charge >= 0.3 is 5.97 Å². The summed E-state index contributed by atoms with van der Waals surface area (Å²) in [6.45, 7) is 3.95. The molecule has 1 atom stereocenters. The predicted molar refractivity (Wildman–Crippen MR) is 92.4 cm³/mol.